The van der Waals surface area contributed by atoms with Crippen molar-refractivity contribution in [2.45, 2.75) is 102 Å². The smallest absolute Gasteiger partial charge is 0.179 e. The second kappa shape index (κ2) is 6.80. The highest BCUT2D eigenvalue weighted by Crippen LogP contribution is 2.56. The predicted octanol–water partition coefficient (Wildman–Crippen LogP) is 4.98. The molecule has 6 atom stereocenters. The lowest BCUT2D eigenvalue weighted by atomic mass is 9.73. The summed E-state index contributed by atoms with van der Waals surface area (Å²) in [5, 5.41) is 10.3. The average Bonchev–Trinajstić information content (AvgIpc) is 3.30. The SMILES string of the molecule is CC1=C(C[C@]23CCC[C@H]4C[C@@H](C)C[C@H]([C@@H](CO)C2)N43)C[C@@H]2CCC(=O)c3ccc1n32. The normalized spacial score (nSPS) is 40.5. The van der Waals surface area contributed by atoms with Crippen molar-refractivity contribution in [2.75, 3.05) is 6.61 Å². The first-order valence-electron chi connectivity index (χ1n) is 12.3. The van der Waals surface area contributed by atoms with Gasteiger partial charge in [0, 0.05) is 42.4 Å². The molecule has 0 spiro atoms. The van der Waals surface area contributed by atoms with Crippen LogP contribution in [0.15, 0.2) is 17.7 Å². The molecule has 0 aliphatic carbocycles. The van der Waals surface area contributed by atoms with Gasteiger partial charge in [0.1, 0.15) is 0 Å². The van der Waals surface area contributed by atoms with Crippen molar-refractivity contribution in [3.05, 3.63) is 29.1 Å². The Morgan fingerprint density at radius 1 is 1.17 bits per heavy atom. The molecule has 6 heterocycles. The standard InChI is InChI=1S/C26H36N2O2/c1-16-10-21-4-3-9-26(14-19(15-29)24(11-16)28(21)26)13-18-12-20-5-8-25(30)23-7-6-22(17(18)2)27(20)23/h6-7,16,19-21,24,29H,3-5,8-15H2,1-2H3/t16-,19-,20+,21+,24-,26-/m1/s1. The molecule has 0 bridgehead atoms. The highest BCUT2D eigenvalue weighted by molar-refractivity contribution is 5.96. The zero-order chi connectivity index (χ0) is 20.6. The van der Waals surface area contributed by atoms with Gasteiger partial charge < -0.3 is 9.67 Å². The van der Waals surface area contributed by atoms with Gasteiger partial charge in [0.15, 0.2) is 5.78 Å². The number of aromatic nitrogens is 1. The third-order valence-corrected chi connectivity index (χ3v) is 9.43. The van der Waals surface area contributed by atoms with E-state index in [1.807, 2.05) is 0 Å². The lowest BCUT2D eigenvalue weighted by Crippen LogP contribution is -2.59. The minimum Gasteiger partial charge on any atom is -0.396 e. The van der Waals surface area contributed by atoms with Crippen LogP contribution in [0.25, 0.3) is 5.57 Å². The minimum absolute atomic E-state index is 0.250. The van der Waals surface area contributed by atoms with Gasteiger partial charge >= 0.3 is 0 Å². The summed E-state index contributed by atoms with van der Waals surface area (Å²) >= 11 is 0. The van der Waals surface area contributed by atoms with Crippen molar-refractivity contribution in [3.8, 4) is 0 Å². The Morgan fingerprint density at radius 3 is 2.83 bits per heavy atom. The molecule has 30 heavy (non-hydrogen) atoms. The molecular formula is C26H36N2O2. The quantitative estimate of drug-likeness (QED) is 0.767. The molecule has 162 valence electrons. The first-order valence-corrected chi connectivity index (χ1v) is 12.3. The number of nitrogens with zero attached hydrogens (tertiary/aromatic N) is 2. The number of ketones is 1. The number of carbonyl (C=O) groups is 1. The molecule has 4 nitrogen and oxygen atoms in total. The van der Waals surface area contributed by atoms with Crippen LogP contribution in [0.2, 0.25) is 0 Å². The summed E-state index contributed by atoms with van der Waals surface area (Å²) in [5.41, 5.74) is 5.51. The van der Waals surface area contributed by atoms with E-state index in [2.05, 4.69) is 35.4 Å². The number of aliphatic hydroxyl groups excluding tert-OH is 1. The fraction of sp³-hybridized carbons (Fsp3) is 0.731. The summed E-state index contributed by atoms with van der Waals surface area (Å²) in [6, 6.07) is 6.01. The predicted molar refractivity (Wildman–Crippen MR) is 118 cm³/mol. The average molecular weight is 409 g/mol. The highest BCUT2D eigenvalue weighted by Gasteiger charge is 2.57. The van der Waals surface area contributed by atoms with Gasteiger partial charge in [0.2, 0.25) is 0 Å². The second-order valence-corrected chi connectivity index (χ2v) is 11.2. The van der Waals surface area contributed by atoms with Crippen molar-refractivity contribution >= 4 is 11.4 Å². The fourth-order valence-electron chi connectivity index (χ4n) is 8.30. The van der Waals surface area contributed by atoms with Gasteiger partial charge in [0.05, 0.1) is 5.69 Å². The van der Waals surface area contributed by atoms with E-state index in [9.17, 15) is 9.90 Å². The Balaban J connectivity index is 1.38. The van der Waals surface area contributed by atoms with E-state index in [4.69, 9.17) is 0 Å². The molecule has 3 saturated heterocycles. The van der Waals surface area contributed by atoms with Crippen LogP contribution in [0.4, 0.5) is 0 Å². The number of Topliss-reactive ketones (excluding diaryl/α,β-unsaturated/α-hetero) is 1. The Kier molecular flexibility index (Phi) is 4.38. The monoisotopic (exact) mass is 408 g/mol. The maximum absolute atomic E-state index is 12.4. The molecule has 0 amide bonds. The summed E-state index contributed by atoms with van der Waals surface area (Å²) in [5.74, 6) is 1.55. The van der Waals surface area contributed by atoms with Crippen molar-refractivity contribution in [1.29, 1.82) is 0 Å². The van der Waals surface area contributed by atoms with Crippen LogP contribution in [-0.2, 0) is 0 Å². The molecule has 1 aromatic rings. The van der Waals surface area contributed by atoms with E-state index >= 15 is 0 Å². The van der Waals surface area contributed by atoms with Gasteiger partial charge in [0.25, 0.3) is 0 Å². The molecule has 1 N–H and O–H groups in total. The molecule has 0 saturated carbocycles. The highest BCUT2D eigenvalue weighted by atomic mass is 16.3. The number of carbonyl (C=O) groups excluding carboxylic acids is 1. The lowest BCUT2D eigenvalue weighted by molar-refractivity contribution is -0.0383. The Labute approximate surface area is 180 Å². The number of aliphatic hydroxyl groups is 1. The van der Waals surface area contributed by atoms with E-state index in [1.165, 1.54) is 56.2 Å². The molecule has 0 aromatic carbocycles. The van der Waals surface area contributed by atoms with Crippen molar-refractivity contribution in [3.63, 3.8) is 0 Å². The fourth-order valence-corrected chi connectivity index (χ4v) is 8.30. The van der Waals surface area contributed by atoms with Crippen LogP contribution < -0.4 is 0 Å². The molecule has 0 unspecified atom stereocenters. The van der Waals surface area contributed by atoms with Gasteiger partial charge in [-0.15, -0.1) is 0 Å². The van der Waals surface area contributed by atoms with Crippen LogP contribution in [-0.4, -0.2) is 44.6 Å². The molecule has 6 rings (SSSR count). The third kappa shape index (κ3) is 2.62. The van der Waals surface area contributed by atoms with Crippen LogP contribution in [0.3, 0.4) is 0 Å². The van der Waals surface area contributed by atoms with E-state index in [0.29, 0.717) is 36.8 Å². The zero-order valence-corrected chi connectivity index (χ0v) is 18.6. The number of piperidine rings is 2. The van der Waals surface area contributed by atoms with Gasteiger partial charge in [-0.3, -0.25) is 9.69 Å². The van der Waals surface area contributed by atoms with Crippen molar-refractivity contribution < 1.29 is 9.90 Å². The zero-order valence-electron chi connectivity index (χ0n) is 18.6. The van der Waals surface area contributed by atoms with Crippen LogP contribution >= 0.6 is 0 Å². The van der Waals surface area contributed by atoms with Crippen LogP contribution in [0, 0.1) is 11.8 Å². The molecular weight excluding hydrogens is 372 g/mol. The summed E-state index contributed by atoms with van der Waals surface area (Å²) in [4.78, 5) is 15.3. The molecule has 1 aromatic heterocycles. The summed E-state index contributed by atoms with van der Waals surface area (Å²) in [6.45, 7) is 5.06. The first kappa shape index (κ1) is 19.3. The van der Waals surface area contributed by atoms with E-state index in [0.717, 1.165) is 30.5 Å². The molecule has 0 radical (unpaired) electrons. The van der Waals surface area contributed by atoms with Crippen LogP contribution in [0.5, 0.6) is 0 Å². The van der Waals surface area contributed by atoms with Gasteiger partial charge in [-0.2, -0.15) is 0 Å². The number of rotatable bonds is 3. The Bertz CT molecular complexity index is 914. The minimum atomic E-state index is 0.250. The number of hydrogen-bond acceptors (Lipinski definition) is 3. The maximum atomic E-state index is 12.4. The van der Waals surface area contributed by atoms with Crippen molar-refractivity contribution in [1.82, 2.24) is 9.47 Å². The van der Waals surface area contributed by atoms with Crippen LogP contribution in [0.1, 0.15) is 100 Å². The van der Waals surface area contributed by atoms with Gasteiger partial charge in [-0.1, -0.05) is 18.9 Å². The Morgan fingerprint density at radius 2 is 2.00 bits per heavy atom. The lowest BCUT2D eigenvalue weighted by Gasteiger charge is -2.54. The second-order valence-electron chi connectivity index (χ2n) is 11.2. The van der Waals surface area contributed by atoms with E-state index in [-0.39, 0.29) is 5.54 Å². The Hall–Kier alpha value is -1.39. The van der Waals surface area contributed by atoms with Gasteiger partial charge in [-0.25, -0.2) is 0 Å². The summed E-state index contributed by atoms with van der Waals surface area (Å²) < 4.78 is 2.35. The summed E-state index contributed by atoms with van der Waals surface area (Å²) in [7, 11) is 0. The number of hydrogen-bond donors (Lipinski definition) is 1. The van der Waals surface area contributed by atoms with E-state index < -0.39 is 0 Å². The third-order valence-electron chi connectivity index (χ3n) is 9.43. The maximum Gasteiger partial charge on any atom is 0.179 e. The molecule has 4 heteroatoms. The molecule has 3 fully saturated rings. The van der Waals surface area contributed by atoms with E-state index in [1.54, 1.807) is 5.57 Å². The van der Waals surface area contributed by atoms with Gasteiger partial charge in [-0.05, 0) is 87.8 Å². The molecule has 5 aliphatic heterocycles. The summed E-state index contributed by atoms with van der Waals surface area (Å²) in [6.07, 6.45) is 11.7. The number of allylic oxidation sites excluding steroid dienone is 1. The molecule has 5 aliphatic rings. The largest absolute Gasteiger partial charge is 0.396 e. The topological polar surface area (TPSA) is 45.5 Å². The first-order chi connectivity index (χ1) is 14.5. The van der Waals surface area contributed by atoms with Crippen molar-refractivity contribution in [2.24, 2.45) is 11.8 Å².